The molecular weight excluding hydrogens is 324 g/mol. The van der Waals surface area contributed by atoms with E-state index in [4.69, 9.17) is 4.74 Å². The number of nitrogens with one attached hydrogen (secondary N) is 1. The van der Waals surface area contributed by atoms with E-state index in [0.717, 1.165) is 51.6 Å². The van der Waals surface area contributed by atoms with Crippen molar-refractivity contribution in [3.05, 3.63) is 35.4 Å². The average molecular weight is 357 g/mol. The van der Waals surface area contributed by atoms with E-state index in [1.54, 1.807) is 0 Å². The predicted octanol–water partition coefficient (Wildman–Crippen LogP) is 1.77. The first-order valence-electron chi connectivity index (χ1n) is 9.84. The van der Waals surface area contributed by atoms with Crippen molar-refractivity contribution in [2.75, 3.05) is 54.0 Å². The number of likely N-dealkylation sites (tertiary alicyclic amines) is 1. The minimum Gasteiger partial charge on any atom is -0.381 e. The summed E-state index contributed by atoms with van der Waals surface area (Å²) in [5, 5.41) is 3.71. The van der Waals surface area contributed by atoms with Crippen molar-refractivity contribution in [1.82, 2.24) is 15.1 Å². The number of hydrogen-bond donors (Lipinski definition) is 1. The quantitative estimate of drug-likeness (QED) is 0.662. The van der Waals surface area contributed by atoms with Crippen LogP contribution in [-0.4, -0.2) is 75.3 Å². The third kappa shape index (κ3) is 3.12. The Balaban J connectivity index is 1.43. The molecule has 2 fully saturated rings. The van der Waals surface area contributed by atoms with Crippen LogP contribution in [0.4, 0.5) is 0 Å². The molecule has 2 aliphatic heterocycles. The van der Waals surface area contributed by atoms with Crippen molar-refractivity contribution in [2.24, 2.45) is 10.4 Å². The highest BCUT2D eigenvalue weighted by atomic mass is 16.5. The Hall–Kier alpha value is -1.59. The second kappa shape index (κ2) is 6.86. The largest absolute Gasteiger partial charge is 0.381 e. The highest BCUT2D eigenvalue weighted by molar-refractivity contribution is 5.80. The third-order valence-electron chi connectivity index (χ3n) is 6.82. The van der Waals surface area contributed by atoms with Gasteiger partial charge in [-0.3, -0.25) is 4.99 Å². The van der Waals surface area contributed by atoms with Crippen molar-refractivity contribution in [3.8, 4) is 0 Å². The minimum absolute atomic E-state index is 0.119. The number of hydrogen-bond acceptors (Lipinski definition) is 3. The standard InChI is InChI=1S/C21H32N4O/c1-22-19(25-10-8-20(15-25)9-11-26-16-20)23-14-21(24(2)3)12-17-6-4-5-7-18(17)13-21/h4-7H,8-16H2,1-3H3,(H,22,23). The number of guanidine groups is 1. The first kappa shape index (κ1) is 17.8. The highest BCUT2D eigenvalue weighted by Gasteiger charge is 2.43. The molecule has 0 saturated carbocycles. The van der Waals surface area contributed by atoms with Crippen LogP contribution < -0.4 is 5.32 Å². The van der Waals surface area contributed by atoms with Crippen molar-refractivity contribution in [1.29, 1.82) is 0 Å². The Morgan fingerprint density at radius 1 is 1.23 bits per heavy atom. The maximum atomic E-state index is 5.67. The Kier molecular flexibility index (Phi) is 4.70. The maximum Gasteiger partial charge on any atom is 0.193 e. The Morgan fingerprint density at radius 3 is 2.54 bits per heavy atom. The molecule has 1 spiro atoms. The van der Waals surface area contributed by atoms with Gasteiger partial charge in [-0.1, -0.05) is 24.3 Å². The zero-order chi connectivity index (χ0) is 18.2. The van der Waals surface area contributed by atoms with E-state index in [1.807, 2.05) is 7.05 Å². The smallest absolute Gasteiger partial charge is 0.193 e. The lowest BCUT2D eigenvalue weighted by molar-refractivity contribution is 0.155. The van der Waals surface area contributed by atoms with Gasteiger partial charge in [0.25, 0.3) is 0 Å². The molecule has 1 aromatic carbocycles. The van der Waals surface area contributed by atoms with E-state index in [2.05, 4.69) is 58.5 Å². The lowest BCUT2D eigenvalue weighted by Gasteiger charge is -2.38. The number of ether oxygens (including phenoxy) is 1. The lowest BCUT2D eigenvalue weighted by atomic mass is 9.87. The van der Waals surface area contributed by atoms with E-state index >= 15 is 0 Å². The average Bonchev–Trinajstić information content (AvgIpc) is 3.35. The van der Waals surface area contributed by atoms with Crippen LogP contribution in [0.25, 0.3) is 0 Å². The van der Waals surface area contributed by atoms with Crippen LogP contribution in [0.1, 0.15) is 24.0 Å². The zero-order valence-corrected chi connectivity index (χ0v) is 16.4. The molecule has 26 heavy (non-hydrogen) atoms. The summed E-state index contributed by atoms with van der Waals surface area (Å²) in [7, 11) is 6.32. The van der Waals surface area contributed by atoms with Gasteiger partial charge in [0.05, 0.1) is 6.61 Å². The molecule has 1 N–H and O–H groups in total. The predicted molar refractivity (Wildman–Crippen MR) is 106 cm³/mol. The molecule has 5 nitrogen and oxygen atoms in total. The summed E-state index contributed by atoms with van der Waals surface area (Å²) in [6.07, 6.45) is 4.60. The van der Waals surface area contributed by atoms with Gasteiger partial charge in [0.1, 0.15) is 0 Å². The van der Waals surface area contributed by atoms with Gasteiger partial charge in [0.15, 0.2) is 5.96 Å². The topological polar surface area (TPSA) is 40.1 Å². The number of nitrogens with zero attached hydrogens (tertiary/aromatic N) is 3. The van der Waals surface area contributed by atoms with Crippen molar-refractivity contribution < 1.29 is 4.74 Å². The van der Waals surface area contributed by atoms with Crippen molar-refractivity contribution >= 4 is 5.96 Å². The molecule has 0 amide bonds. The monoisotopic (exact) mass is 356 g/mol. The third-order valence-corrected chi connectivity index (χ3v) is 6.82. The van der Waals surface area contributed by atoms with Crippen LogP contribution in [0.15, 0.2) is 29.3 Å². The molecule has 0 aromatic heterocycles. The van der Waals surface area contributed by atoms with Gasteiger partial charge in [-0.15, -0.1) is 0 Å². The van der Waals surface area contributed by atoms with Gasteiger partial charge >= 0.3 is 0 Å². The van der Waals surface area contributed by atoms with Crippen molar-refractivity contribution in [2.45, 2.75) is 31.2 Å². The van der Waals surface area contributed by atoms with E-state index in [0.29, 0.717) is 5.41 Å². The zero-order valence-electron chi connectivity index (χ0n) is 16.4. The van der Waals surface area contributed by atoms with Gasteiger partial charge in [-0.2, -0.15) is 0 Å². The number of fused-ring (bicyclic) bond motifs is 1. The molecule has 0 radical (unpaired) electrons. The Morgan fingerprint density at radius 2 is 1.96 bits per heavy atom. The number of aliphatic imine (C=N–C) groups is 1. The second-order valence-electron chi connectivity index (χ2n) is 8.62. The molecule has 4 rings (SSSR count). The molecule has 1 aromatic rings. The second-order valence-corrected chi connectivity index (χ2v) is 8.62. The number of benzene rings is 1. The lowest BCUT2D eigenvalue weighted by Crippen LogP contribution is -2.55. The molecule has 1 aliphatic carbocycles. The molecule has 142 valence electrons. The molecule has 0 bridgehead atoms. The fourth-order valence-corrected chi connectivity index (χ4v) is 4.94. The first-order chi connectivity index (χ1) is 12.6. The van der Waals surface area contributed by atoms with Crippen LogP contribution in [0.3, 0.4) is 0 Å². The van der Waals surface area contributed by atoms with Crippen LogP contribution in [-0.2, 0) is 17.6 Å². The molecule has 2 heterocycles. The highest BCUT2D eigenvalue weighted by Crippen LogP contribution is 2.38. The maximum absolute atomic E-state index is 5.67. The molecular formula is C21H32N4O. The molecule has 1 unspecified atom stereocenters. The van der Waals surface area contributed by atoms with Crippen LogP contribution in [0, 0.1) is 5.41 Å². The Bertz CT molecular complexity index is 653. The van der Waals surface area contributed by atoms with E-state index < -0.39 is 0 Å². The van der Waals surface area contributed by atoms with Crippen LogP contribution in [0.5, 0.6) is 0 Å². The van der Waals surface area contributed by atoms with Crippen LogP contribution >= 0.6 is 0 Å². The summed E-state index contributed by atoms with van der Waals surface area (Å²) in [5.41, 5.74) is 3.45. The van der Waals surface area contributed by atoms with Gasteiger partial charge < -0.3 is 19.9 Å². The van der Waals surface area contributed by atoms with Gasteiger partial charge in [0, 0.05) is 44.2 Å². The fraction of sp³-hybridized carbons (Fsp3) is 0.667. The number of likely N-dealkylation sites (N-methyl/N-ethyl adjacent to an activating group) is 1. The minimum atomic E-state index is 0.119. The molecule has 2 saturated heterocycles. The molecule has 1 atom stereocenters. The first-order valence-corrected chi connectivity index (χ1v) is 9.84. The Labute approximate surface area is 157 Å². The van der Waals surface area contributed by atoms with E-state index in [9.17, 15) is 0 Å². The molecule has 3 aliphatic rings. The summed E-state index contributed by atoms with van der Waals surface area (Å²) in [6.45, 7) is 4.90. The van der Waals surface area contributed by atoms with E-state index in [-0.39, 0.29) is 5.54 Å². The van der Waals surface area contributed by atoms with Crippen LogP contribution in [0.2, 0.25) is 0 Å². The van der Waals surface area contributed by atoms with Gasteiger partial charge in [-0.05, 0) is 50.9 Å². The summed E-state index contributed by atoms with van der Waals surface area (Å²) < 4.78 is 5.67. The SMILES string of the molecule is CN=C(NCC1(N(C)C)Cc2ccccc2C1)N1CCC2(CCOC2)C1. The summed E-state index contributed by atoms with van der Waals surface area (Å²) in [5.74, 6) is 1.05. The van der Waals surface area contributed by atoms with Gasteiger partial charge in [-0.25, -0.2) is 0 Å². The normalized spacial score (nSPS) is 27.5. The fourth-order valence-electron chi connectivity index (χ4n) is 4.94. The summed E-state index contributed by atoms with van der Waals surface area (Å²) in [6, 6.07) is 8.87. The summed E-state index contributed by atoms with van der Waals surface area (Å²) in [4.78, 5) is 9.42. The van der Waals surface area contributed by atoms with Crippen molar-refractivity contribution in [3.63, 3.8) is 0 Å². The number of rotatable bonds is 3. The van der Waals surface area contributed by atoms with Gasteiger partial charge in [0.2, 0.25) is 0 Å². The summed E-state index contributed by atoms with van der Waals surface area (Å²) >= 11 is 0. The molecule has 5 heteroatoms. The van der Waals surface area contributed by atoms with E-state index in [1.165, 1.54) is 24.0 Å².